The number of rotatable bonds is 3. The van der Waals surface area contributed by atoms with Gasteiger partial charge in [-0.1, -0.05) is 6.92 Å². The molecule has 1 saturated heterocycles. The highest BCUT2D eigenvalue weighted by atomic mass is 16.3. The molecule has 0 aliphatic carbocycles. The average Bonchev–Trinajstić information content (AvgIpc) is 2.17. The van der Waals surface area contributed by atoms with E-state index in [0.717, 1.165) is 19.4 Å². The van der Waals surface area contributed by atoms with Crippen molar-refractivity contribution in [1.82, 2.24) is 4.90 Å². The number of nitrogens with zero attached hydrogens (tertiary/aromatic N) is 1. The topological polar surface area (TPSA) is 66.6 Å². The molecule has 0 saturated carbocycles. The molecular weight excluding hydrogens is 180 g/mol. The van der Waals surface area contributed by atoms with Crippen molar-refractivity contribution in [2.45, 2.75) is 32.3 Å². The minimum absolute atomic E-state index is 0.127. The van der Waals surface area contributed by atoms with Crippen LogP contribution in [0.3, 0.4) is 0 Å². The predicted molar refractivity (Wildman–Crippen MR) is 54.7 cm³/mol. The third-order valence-corrected chi connectivity index (χ3v) is 2.67. The summed E-state index contributed by atoms with van der Waals surface area (Å²) in [4.78, 5) is 13.4. The van der Waals surface area contributed by atoms with E-state index in [1.165, 1.54) is 0 Å². The van der Waals surface area contributed by atoms with Crippen LogP contribution in [-0.4, -0.2) is 41.7 Å². The van der Waals surface area contributed by atoms with E-state index in [2.05, 4.69) is 0 Å². The number of piperidine rings is 1. The molecule has 82 valence electrons. The number of aliphatic hydroxyl groups excluding tert-OH is 1. The molecular formula is C10H20N2O2. The Balaban J connectivity index is 2.36. The summed E-state index contributed by atoms with van der Waals surface area (Å²) in [5, 5.41) is 9.40. The van der Waals surface area contributed by atoms with E-state index in [4.69, 9.17) is 5.73 Å². The van der Waals surface area contributed by atoms with E-state index in [1.807, 2.05) is 6.92 Å². The lowest BCUT2D eigenvalue weighted by Gasteiger charge is -2.30. The van der Waals surface area contributed by atoms with Crippen LogP contribution in [0.25, 0.3) is 0 Å². The molecule has 0 aromatic carbocycles. The Labute approximate surface area is 85.1 Å². The van der Waals surface area contributed by atoms with Gasteiger partial charge in [-0.05, 0) is 25.3 Å². The van der Waals surface area contributed by atoms with Crippen molar-refractivity contribution >= 4 is 5.91 Å². The Morgan fingerprint density at radius 3 is 3.00 bits per heavy atom. The van der Waals surface area contributed by atoms with Crippen LogP contribution >= 0.6 is 0 Å². The molecule has 1 unspecified atom stereocenters. The standard InChI is InChI=1S/C10H20N2O2/c1-8(6-11)5-10(14)12-4-2-3-9(13)7-12/h8-9,13H,2-7,11H2,1H3/t8?,9-/m0/s1. The number of carbonyl (C=O) groups excluding carboxylic acids is 1. The smallest absolute Gasteiger partial charge is 0.222 e. The van der Waals surface area contributed by atoms with E-state index >= 15 is 0 Å². The molecule has 3 N–H and O–H groups in total. The normalized spacial score (nSPS) is 24.8. The summed E-state index contributed by atoms with van der Waals surface area (Å²) in [6, 6.07) is 0. The Hall–Kier alpha value is -0.610. The maximum absolute atomic E-state index is 11.7. The summed E-state index contributed by atoms with van der Waals surface area (Å²) in [7, 11) is 0. The summed E-state index contributed by atoms with van der Waals surface area (Å²) in [6.45, 7) is 3.80. The molecule has 14 heavy (non-hydrogen) atoms. The van der Waals surface area contributed by atoms with Gasteiger partial charge in [-0.2, -0.15) is 0 Å². The van der Waals surface area contributed by atoms with Gasteiger partial charge >= 0.3 is 0 Å². The number of hydrogen-bond acceptors (Lipinski definition) is 3. The Bertz CT molecular complexity index is 197. The van der Waals surface area contributed by atoms with Crippen molar-refractivity contribution in [1.29, 1.82) is 0 Å². The number of β-amino-alcohol motifs (C(OH)–C–C–N with tert-alkyl or cyclic N) is 1. The zero-order valence-corrected chi connectivity index (χ0v) is 8.78. The first-order valence-corrected chi connectivity index (χ1v) is 5.29. The summed E-state index contributed by atoms with van der Waals surface area (Å²) >= 11 is 0. The predicted octanol–water partition coefficient (Wildman–Crippen LogP) is -0.0454. The monoisotopic (exact) mass is 200 g/mol. The lowest BCUT2D eigenvalue weighted by molar-refractivity contribution is -0.135. The first-order chi connectivity index (χ1) is 6.63. The van der Waals surface area contributed by atoms with E-state index in [1.54, 1.807) is 4.90 Å². The fourth-order valence-electron chi connectivity index (χ4n) is 1.69. The molecule has 1 aliphatic rings. The molecule has 0 aromatic heterocycles. The highest BCUT2D eigenvalue weighted by Gasteiger charge is 2.22. The van der Waals surface area contributed by atoms with Crippen molar-refractivity contribution < 1.29 is 9.90 Å². The number of amides is 1. The molecule has 4 nitrogen and oxygen atoms in total. The second-order valence-corrected chi connectivity index (χ2v) is 4.18. The van der Waals surface area contributed by atoms with E-state index in [-0.39, 0.29) is 17.9 Å². The van der Waals surface area contributed by atoms with Crippen LogP contribution in [0.15, 0.2) is 0 Å². The van der Waals surface area contributed by atoms with Crippen molar-refractivity contribution in [3.8, 4) is 0 Å². The quantitative estimate of drug-likeness (QED) is 0.671. The third-order valence-electron chi connectivity index (χ3n) is 2.67. The summed E-state index contributed by atoms with van der Waals surface area (Å²) in [6.07, 6.45) is 1.89. The average molecular weight is 200 g/mol. The fourth-order valence-corrected chi connectivity index (χ4v) is 1.69. The molecule has 1 aliphatic heterocycles. The molecule has 0 aromatic rings. The number of carbonyl (C=O) groups is 1. The van der Waals surface area contributed by atoms with Crippen molar-refractivity contribution in [2.75, 3.05) is 19.6 Å². The van der Waals surface area contributed by atoms with Gasteiger partial charge in [0.25, 0.3) is 0 Å². The number of nitrogens with two attached hydrogens (primary N) is 1. The number of aliphatic hydroxyl groups is 1. The minimum atomic E-state index is -0.333. The minimum Gasteiger partial charge on any atom is -0.391 e. The van der Waals surface area contributed by atoms with E-state index < -0.39 is 0 Å². The van der Waals surface area contributed by atoms with Crippen molar-refractivity contribution in [3.63, 3.8) is 0 Å². The lowest BCUT2D eigenvalue weighted by Crippen LogP contribution is -2.42. The van der Waals surface area contributed by atoms with Gasteiger partial charge in [-0.25, -0.2) is 0 Å². The second kappa shape index (κ2) is 5.32. The summed E-state index contributed by atoms with van der Waals surface area (Å²) < 4.78 is 0. The van der Waals surface area contributed by atoms with Crippen molar-refractivity contribution in [3.05, 3.63) is 0 Å². The van der Waals surface area contributed by atoms with Crippen LogP contribution < -0.4 is 5.73 Å². The van der Waals surface area contributed by atoms with Crippen LogP contribution in [0.4, 0.5) is 0 Å². The molecule has 1 heterocycles. The molecule has 1 amide bonds. The Morgan fingerprint density at radius 1 is 1.71 bits per heavy atom. The molecule has 2 atom stereocenters. The Kier molecular flexibility index (Phi) is 4.35. The molecule has 4 heteroatoms. The van der Waals surface area contributed by atoms with E-state index in [9.17, 15) is 9.90 Å². The van der Waals surface area contributed by atoms with Crippen LogP contribution in [0.1, 0.15) is 26.2 Å². The summed E-state index contributed by atoms with van der Waals surface area (Å²) in [5.74, 6) is 0.364. The number of likely N-dealkylation sites (tertiary alicyclic amines) is 1. The van der Waals surface area contributed by atoms with E-state index in [0.29, 0.717) is 19.5 Å². The summed E-state index contributed by atoms with van der Waals surface area (Å²) in [5.41, 5.74) is 5.46. The van der Waals surface area contributed by atoms with Gasteiger partial charge in [0.05, 0.1) is 6.10 Å². The van der Waals surface area contributed by atoms with Gasteiger partial charge in [-0.15, -0.1) is 0 Å². The zero-order valence-electron chi connectivity index (χ0n) is 8.78. The molecule has 0 bridgehead atoms. The number of hydrogen-bond donors (Lipinski definition) is 2. The van der Waals surface area contributed by atoms with Gasteiger partial charge < -0.3 is 15.7 Å². The van der Waals surface area contributed by atoms with Crippen LogP contribution in [-0.2, 0) is 4.79 Å². The maximum Gasteiger partial charge on any atom is 0.222 e. The third kappa shape index (κ3) is 3.27. The first kappa shape index (κ1) is 11.5. The zero-order chi connectivity index (χ0) is 10.6. The van der Waals surface area contributed by atoms with Crippen molar-refractivity contribution in [2.24, 2.45) is 11.7 Å². The molecule has 0 spiro atoms. The molecule has 1 rings (SSSR count). The lowest BCUT2D eigenvalue weighted by atomic mass is 10.0. The Morgan fingerprint density at radius 2 is 2.43 bits per heavy atom. The van der Waals surface area contributed by atoms with Gasteiger partial charge in [-0.3, -0.25) is 4.79 Å². The van der Waals surface area contributed by atoms with Gasteiger partial charge in [0.2, 0.25) is 5.91 Å². The molecule has 1 fully saturated rings. The van der Waals surface area contributed by atoms with Crippen LogP contribution in [0.5, 0.6) is 0 Å². The van der Waals surface area contributed by atoms with Crippen LogP contribution in [0.2, 0.25) is 0 Å². The van der Waals surface area contributed by atoms with Gasteiger partial charge in [0.1, 0.15) is 0 Å². The SMILES string of the molecule is CC(CN)CC(=O)N1CCC[C@H](O)C1. The first-order valence-electron chi connectivity index (χ1n) is 5.29. The largest absolute Gasteiger partial charge is 0.391 e. The van der Waals surface area contributed by atoms with Gasteiger partial charge in [0.15, 0.2) is 0 Å². The fraction of sp³-hybridized carbons (Fsp3) is 0.900. The highest BCUT2D eigenvalue weighted by molar-refractivity contribution is 5.76. The van der Waals surface area contributed by atoms with Gasteiger partial charge in [0, 0.05) is 19.5 Å². The molecule has 0 radical (unpaired) electrons. The van der Waals surface area contributed by atoms with Crippen LogP contribution in [0, 0.1) is 5.92 Å². The second-order valence-electron chi connectivity index (χ2n) is 4.18. The maximum atomic E-state index is 11.7. The highest BCUT2D eigenvalue weighted by Crippen LogP contribution is 2.12.